The van der Waals surface area contributed by atoms with E-state index < -0.39 is 11.9 Å². The highest BCUT2D eigenvalue weighted by Crippen LogP contribution is 2.29. The van der Waals surface area contributed by atoms with E-state index in [-0.39, 0.29) is 5.52 Å². The maximum atomic E-state index is 12.5. The standard InChI is InChI=1S/C10H11F3N4O/c1-18-5-3-15-9-7-6-8(10(11,12)13)16-17(7)4-2-14-9/h2,4,6H,3,5H2,1H3,(H,14,15). The lowest BCUT2D eigenvalue weighted by molar-refractivity contribution is -0.141. The highest BCUT2D eigenvalue weighted by molar-refractivity contribution is 5.67. The predicted molar refractivity (Wildman–Crippen MR) is 58.4 cm³/mol. The summed E-state index contributed by atoms with van der Waals surface area (Å²) < 4.78 is 43.6. The number of alkyl halides is 3. The molecule has 0 aromatic carbocycles. The van der Waals surface area contributed by atoms with Gasteiger partial charge in [0, 0.05) is 32.1 Å². The molecule has 0 saturated heterocycles. The molecule has 0 amide bonds. The predicted octanol–water partition coefficient (Wildman–Crippen LogP) is 1.81. The minimum absolute atomic E-state index is 0.279. The number of hydrogen-bond donors (Lipinski definition) is 1. The smallest absolute Gasteiger partial charge is 0.383 e. The van der Waals surface area contributed by atoms with Gasteiger partial charge < -0.3 is 10.1 Å². The van der Waals surface area contributed by atoms with Crippen LogP contribution in [0.15, 0.2) is 18.5 Å². The summed E-state index contributed by atoms with van der Waals surface area (Å²) in [5.41, 5.74) is -0.661. The van der Waals surface area contributed by atoms with Gasteiger partial charge in [0.2, 0.25) is 0 Å². The number of nitrogens with zero attached hydrogens (tertiary/aromatic N) is 3. The first-order valence-electron chi connectivity index (χ1n) is 5.17. The second-order valence-corrected chi connectivity index (χ2v) is 3.55. The summed E-state index contributed by atoms with van der Waals surface area (Å²) in [6.07, 6.45) is -1.71. The van der Waals surface area contributed by atoms with Crippen molar-refractivity contribution in [2.75, 3.05) is 25.6 Å². The highest BCUT2D eigenvalue weighted by atomic mass is 19.4. The first-order chi connectivity index (χ1) is 8.52. The number of aromatic nitrogens is 3. The number of hydrogen-bond acceptors (Lipinski definition) is 4. The Bertz CT molecular complexity index is 537. The van der Waals surface area contributed by atoms with Crippen molar-refractivity contribution in [1.29, 1.82) is 0 Å². The van der Waals surface area contributed by atoms with Crippen LogP contribution < -0.4 is 5.32 Å². The summed E-state index contributed by atoms with van der Waals surface area (Å²) in [6.45, 7) is 0.888. The van der Waals surface area contributed by atoms with E-state index in [9.17, 15) is 13.2 Å². The summed E-state index contributed by atoms with van der Waals surface area (Å²) in [5, 5.41) is 6.34. The fourth-order valence-electron chi connectivity index (χ4n) is 1.47. The molecule has 0 radical (unpaired) electrons. The lowest BCUT2D eigenvalue weighted by Gasteiger charge is -2.05. The summed E-state index contributed by atoms with van der Waals surface area (Å²) in [7, 11) is 1.54. The molecule has 2 aromatic rings. The van der Waals surface area contributed by atoms with Gasteiger partial charge in [-0.25, -0.2) is 9.50 Å². The van der Waals surface area contributed by atoms with E-state index in [1.807, 2.05) is 0 Å². The normalized spacial score (nSPS) is 12.0. The zero-order valence-corrected chi connectivity index (χ0v) is 9.53. The van der Waals surface area contributed by atoms with Gasteiger partial charge in [-0.05, 0) is 0 Å². The van der Waals surface area contributed by atoms with E-state index in [2.05, 4.69) is 15.4 Å². The Hall–Kier alpha value is -1.83. The Morgan fingerprint density at radius 2 is 2.22 bits per heavy atom. The van der Waals surface area contributed by atoms with Gasteiger partial charge in [0.1, 0.15) is 5.52 Å². The molecule has 2 heterocycles. The van der Waals surface area contributed by atoms with Crippen molar-refractivity contribution in [1.82, 2.24) is 14.6 Å². The van der Waals surface area contributed by atoms with Crippen LogP contribution in [0.4, 0.5) is 19.0 Å². The molecule has 0 saturated carbocycles. The third kappa shape index (κ3) is 2.53. The van der Waals surface area contributed by atoms with E-state index in [4.69, 9.17) is 4.74 Å². The van der Waals surface area contributed by atoms with Gasteiger partial charge in [-0.1, -0.05) is 0 Å². The maximum Gasteiger partial charge on any atom is 0.435 e. The van der Waals surface area contributed by atoms with Crippen LogP contribution in [0.25, 0.3) is 5.52 Å². The number of rotatable bonds is 4. The Morgan fingerprint density at radius 3 is 2.89 bits per heavy atom. The van der Waals surface area contributed by atoms with Crippen LogP contribution in [0.2, 0.25) is 0 Å². The second kappa shape index (κ2) is 4.81. The van der Waals surface area contributed by atoms with Crippen LogP contribution >= 0.6 is 0 Å². The van der Waals surface area contributed by atoms with E-state index in [0.29, 0.717) is 19.0 Å². The zero-order chi connectivity index (χ0) is 13.2. The SMILES string of the molecule is COCCNc1nccn2nc(C(F)(F)F)cc12. The van der Waals surface area contributed by atoms with Crippen molar-refractivity contribution in [3.63, 3.8) is 0 Å². The first-order valence-corrected chi connectivity index (χ1v) is 5.17. The topological polar surface area (TPSA) is 51.5 Å². The third-order valence-corrected chi connectivity index (χ3v) is 2.28. The molecule has 0 bridgehead atoms. The highest BCUT2D eigenvalue weighted by Gasteiger charge is 2.34. The number of fused-ring (bicyclic) bond motifs is 1. The van der Waals surface area contributed by atoms with Crippen LogP contribution in [0.5, 0.6) is 0 Å². The Kier molecular flexibility index (Phi) is 3.37. The minimum atomic E-state index is -4.46. The largest absolute Gasteiger partial charge is 0.435 e. The summed E-state index contributed by atoms with van der Waals surface area (Å²) >= 11 is 0. The zero-order valence-electron chi connectivity index (χ0n) is 9.53. The molecule has 0 aliphatic carbocycles. The molecule has 18 heavy (non-hydrogen) atoms. The molecule has 0 aliphatic heterocycles. The van der Waals surface area contributed by atoms with Gasteiger partial charge in [-0.15, -0.1) is 0 Å². The lowest BCUT2D eigenvalue weighted by Crippen LogP contribution is -2.09. The molecule has 0 atom stereocenters. The monoisotopic (exact) mass is 260 g/mol. The molecular formula is C10H11F3N4O. The van der Waals surface area contributed by atoms with Gasteiger partial charge in [-0.3, -0.25) is 0 Å². The second-order valence-electron chi connectivity index (χ2n) is 3.55. The van der Waals surface area contributed by atoms with Gasteiger partial charge in [-0.2, -0.15) is 18.3 Å². The minimum Gasteiger partial charge on any atom is -0.383 e. The number of halogens is 3. The molecular weight excluding hydrogens is 249 g/mol. The Balaban J connectivity index is 2.33. The average Bonchev–Trinajstić information content (AvgIpc) is 2.73. The average molecular weight is 260 g/mol. The maximum absolute atomic E-state index is 12.5. The van der Waals surface area contributed by atoms with E-state index >= 15 is 0 Å². The van der Waals surface area contributed by atoms with E-state index in [1.165, 1.54) is 19.5 Å². The molecule has 0 spiro atoms. The molecule has 1 N–H and O–H groups in total. The van der Waals surface area contributed by atoms with Crippen LogP contribution in [0.1, 0.15) is 5.69 Å². The molecule has 5 nitrogen and oxygen atoms in total. The molecule has 0 fully saturated rings. The number of ether oxygens (including phenoxy) is 1. The Labute approximate surface area is 101 Å². The van der Waals surface area contributed by atoms with Crippen LogP contribution in [-0.4, -0.2) is 34.9 Å². The molecule has 0 aliphatic rings. The molecule has 2 rings (SSSR count). The number of methoxy groups -OCH3 is 1. The van der Waals surface area contributed by atoms with Crippen LogP contribution in [-0.2, 0) is 10.9 Å². The third-order valence-electron chi connectivity index (χ3n) is 2.28. The van der Waals surface area contributed by atoms with Crippen molar-refractivity contribution in [2.24, 2.45) is 0 Å². The molecule has 0 unspecified atom stereocenters. The molecule has 8 heteroatoms. The van der Waals surface area contributed by atoms with Crippen molar-refractivity contribution < 1.29 is 17.9 Å². The van der Waals surface area contributed by atoms with E-state index in [0.717, 1.165) is 10.6 Å². The van der Waals surface area contributed by atoms with Crippen LogP contribution in [0.3, 0.4) is 0 Å². The first kappa shape index (κ1) is 12.6. The Morgan fingerprint density at radius 1 is 1.44 bits per heavy atom. The molecule has 2 aromatic heterocycles. The van der Waals surface area contributed by atoms with Crippen molar-refractivity contribution >= 4 is 11.3 Å². The number of anilines is 1. The van der Waals surface area contributed by atoms with Crippen LogP contribution in [0, 0.1) is 0 Å². The fourth-order valence-corrected chi connectivity index (χ4v) is 1.47. The van der Waals surface area contributed by atoms with Gasteiger partial charge in [0.25, 0.3) is 0 Å². The summed E-state index contributed by atoms with van der Waals surface area (Å²) in [4.78, 5) is 3.98. The van der Waals surface area contributed by atoms with E-state index in [1.54, 1.807) is 0 Å². The quantitative estimate of drug-likeness (QED) is 0.852. The summed E-state index contributed by atoms with van der Waals surface area (Å²) in [5.74, 6) is 0.345. The summed E-state index contributed by atoms with van der Waals surface area (Å²) in [6, 6.07) is 0.960. The fraction of sp³-hybridized carbons (Fsp3) is 0.400. The molecule has 98 valence electrons. The van der Waals surface area contributed by atoms with Gasteiger partial charge in [0.15, 0.2) is 11.5 Å². The van der Waals surface area contributed by atoms with Gasteiger partial charge in [0.05, 0.1) is 6.61 Å². The van der Waals surface area contributed by atoms with Crippen molar-refractivity contribution in [2.45, 2.75) is 6.18 Å². The number of nitrogens with one attached hydrogen (secondary N) is 1. The lowest BCUT2D eigenvalue weighted by atomic mass is 10.3. The van der Waals surface area contributed by atoms with Crippen molar-refractivity contribution in [3.8, 4) is 0 Å². The van der Waals surface area contributed by atoms with Crippen molar-refractivity contribution in [3.05, 3.63) is 24.2 Å². The van der Waals surface area contributed by atoms with Gasteiger partial charge >= 0.3 is 6.18 Å².